The van der Waals surface area contributed by atoms with E-state index in [2.05, 4.69) is 5.16 Å². The molecule has 0 aliphatic rings. The van der Waals surface area contributed by atoms with Crippen LogP contribution in [0.2, 0.25) is 0 Å². The zero-order chi connectivity index (χ0) is 17.7. The molecule has 128 valence electrons. The van der Waals surface area contributed by atoms with E-state index >= 15 is 0 Å². The van der Waals surface area contributed by atoms with Crippen molar-refractivity contribution in [2.75, 3.05) is 14.2 Å². The Labute approximate surface area is 155 Å². The Hall–Kier alpha value is -1.62. The first kappa shape index (κ1) is 18.7. The van der Waals surface area contributed by atoms with Crippen molar-refractivity contribution in [2.24, 2.45) is 5.16 Å². The smallest absolute Gasteiger partial charge is 0.203 e. The predicted molar refractivity (Wildman–Crippen MR) is 97.3 cm³/mol. The van der Waals surface area contributed by atoms with Crippen molar-refractivity contribution in [3.8, 4) is 11.5 Å². The molecule has 0 aliphatic heterocycles. The van der Waals surface area contributed by atoms with E-state index in [4.69, 9.17) is 44.3 Å². The second-order valence-electron chi connectivity index (χ2n) is 4.96. The predicted octanol–water partition coefficient (Wildman–Crippen LogP) is 5.04. The van der Waals surface area contributed by atoms with Gasteiger partial charge in [-0.25, -0.2) is 0 Å². The van der Waals surface area contributed by atoms with E-state index in [1.165, 1.54) is 0 Å². The summed E-state index contributed by atoms with van der Waals surface area (Å²) in [6.07, 6.45) is 0. The quantitative estimate of drug-likeness (QED) is 0.338. The van der Waals surface area contributed by atoms with Crippen molar-refractivity contribution < 1.29 is 14.7 Å². The lowest BCUT2D eigenvalue weighted by atomic mass is 9.91. The van der Waals surface area contributed by atoms with Gasteiger partial charge in [-0.15, -0.1) is 0 Å². The third kappa shape index (κ3) is 4.26. The summed E-state index contributed by atoms with van der Waals surface area (Å²) in [7, 11) is 3.14. The van der Waals surface area contributed by atoms with E-state index in [-0.39, 0.29) is 5.71 Å². The number of hydrogen-bond donors (Lipinski definition) is 1. The summed E-state index contributed by atoms with van der Waals surface area (Å²) < 4.78 is 8.55. The third-order valence-electron chi connectivity index (χ3n) is 3.54. The molecule has 1 N–H and O–H groups in total. The maximum Gasteiger partial charge on any atom is 0.203 e. The molecule has 0 aliphatic carbocycles. The first-order valence-corrected chi connectivity index (χ1v) is 8.11. The summed E-state index contributed by atoms with van der Waals surface area (Å²) in [6, 6.07) is 14.0. The Morgan fingerprint density at radius 3 is 1.75 bits per heavy atom. The molecule has 0 saturated carbocycles. The SMILES string of the molecule is COc1ccc(C(=NO)C(c2ccc(OC)cc2)C(Cl)(Cl)Cl)cc1. The lowest BCUT2D eigenvalue weighted by Gasteiger charge is -2.26. The Bertz CT molecular complexity index is 695. The number of nitrogens with zero attached hydrogens (tertiary/aromatic N) is 1. The van der Waals surface area contributed by atoms with Crippen LogP contribution < -0.4 is 9.47 Å². The van der Waals surface area contributed by atoms with Gasteiger partial charge in [0.15, 0.2) is 0 Å². The second-order valence-corrected chi connectivity index (χ2v) is 7.33. The molecule has 0 bridgehead atoms. The van der Waals surface area contributed by atoms with Crippen molar-refractivity contribution in [3.63, 3.8) is 0 Å². The van der Waals surface area contributed by atoms with Crippen LogP contribution >= 0.6 is 34.8 Å². The van der Waals surface area contributed by atoms with Crippen LogP contribution in [0.15, 0.2) is 53.7 Å². The van der Waals surface area contributed by atoms with E-state index in [0.717, 1.165) is 0 Å². The van der Waals surface area contributed by atoms with Crippen molar-refractivity contribution >= 4 is 40.5 Å². The molecule has 24 heavy (non-hydrogen) atoms. The average Bonchev–Trinajstić information content (AvgIpc) is 2.59. The molecule has 0 amide bonds. The fourth-order valence-corrected chi connectivity index (χ4v) is 3.03. The maximum absolute atomic E-state index is 9.56. The number of oxime groups is 1. The van der Waals surface area contributed by atoms with E-state index in [1.54, 1.807) is 62.8 Å². The molecule has 1 unspecified atom stereocenters. The third-order valence-corrected chi connectivity index (χ3v) is 4.20. The van der Waals surface area contributed by atoms with Crippen LogP contribution in [0, 0.1) is 0 Å². The van der Waals surface area contributed by atoms with Gasteiger partial charge in [-0.3, -0.25) is 0 Å². The van der Waals surface area contributed by atoms with Crippen LogP contribution in [0.1, 0.15) is 17.0 Å². The fraction of sp³-hybridized carbons (Fsp3) is 0.235. The van der Waals surface area contributed by atoms with Crippen LogP contribution in [0.4, 0.5) is 0 Å². The molecular formula is C17H16Cl3NO3. The summed E-state index contributed by atoms with van der Waals surface area (Å²) >= 11 is 18.5. The monoisotopic (exact) mass is 387 g/mol. The van der Waals surface area contributed by atoms with E-state index in [9.17, 15) is 5.21 Å². The number of benzene rings is 2. The van der Waals surface area contributed by atoms with Gasteiger partial charge < -0.3 is 14.7 Å². The van der Waals surface area contributed by atoms with Crippen molar-refractivity contribution in [1.29, 1.82) is 0 Å². The summed E-state index contributed by atoms with van der Waals surface area (Å²) in [6.45, 7) is 0. The molecule has 4 nitrogen and oxygen atoms in total. The van der Waals surface area contributed by atoms with Gasteiger partial charge >= 0.3 is 0 Å². The maximum atomic E-state index is 9.56. The lowest BCUT2D eigenvalue weighted by Crippen LogP contribution is -2.27. The molecule has 7 heteroatoms. The first-order valence-electron chi connectivity index (χ1n) is 6.97. The van der Waals surface area contributed by atoms with Crippen LogP contribution in [-0.4, -0.2) is 28.9 Å². The molecule has 0 fully saturated rings. The van der Waals surface area contributed by atoms with Gasteiger partial charge in [0, 0.05) is 5.56 Å². The number of ether oxygens (including phenoxy) is 2. The van der Waals surface area contributed by atoms with Crippen molar-refractivity contribution in [3.05, 3.63) is 59.7 Å². The molecule has 2 aromatic rings. The van der Waals surface area contributed by atoms with Gasteiger partial charge in [-0.05, 0) is 42.0 Å². The highest BCUT2D eigenvalue weighted by atomic mass is 35.6. The average molecular weight is 389 g/mol. The van der Waals surface area contributed by atoms with E-state index < -0.39 is 9.71 Å². The van der Waals surface area contributed by atoms with Crippen LogP contribution in [0.3, 0.4) is 0 Å². The number of methoxy groups -OCH3 is 2. The summed E-state index contributed by atoms with van der Waals surface area (Å²) in [5.74, 6) is 0.575. The Kier molecular flexibility index (Phi) is 6.21. The molecule has 0 heterocycles. The summed E-state index contributed by atoms with van der Waals surface area (Å²) in [5.41, 5.74) is 1.53. The summed E-state index contributed by atoms with van der Waals surface area (Å²) in [4.78, 5) is 0. The van der Waals surface area contributed by atoms with Gasteiger partial charge in [0.2, 0.25) is 3.79 Å². The molecule has 2 rings (SSSR count). The number of rotatable bonds is 5. The molecule has 0 aromatic heterocycles. The molecular weight excluding hydrogens is 373 g/mol. The first-order chi connectivity index (χ1) is 11.4. The molecule has 1 atom stereocenters. The fourth-order valence-electron chi connectivity index (χ4n) is 2.34. The standard InChI is InChI=1S/C17H16Cl3NO3/c1-23-13-7-3-11(4-8-13)15(17(18,19)20)16(21-22)12-5-9-14(24-2)10-6-12/h3-10,15,22H,1-2H3. The minimum atomic E-state index is -1.71. The zero-order valence-corrected chi connectivity index (χ0v) is 15.3. The van der Waals surface area contributed by atoms with Crippen LogP contribution in [0.5, 0.6) is 11.5 Å². The minimum absolute atomic E-state index is 0.239. The molecule has 2 aromatic carbocycles. The highest BCUT2D eigenvalue weighted by Crippen LogP contribution is 2.44. The van der Waals surface area contributed by atoms with Crippen molar-refractivity contribution in [2.45, 2.75) is 9.71 Å². The number of alkyl halides is 3. The second kappa shape index (κ2) is 7.97. The van der Waals surface area contributed by atoms with Crippen LogP contribution in [-0.2, 0) is 0 Å². The lowest BCUT2D eigenvalue weighted by molar-refractivity contribution is 0.317. The van der Waals surface area contributed by atoms with Gasteiger partial charge in [-0.2, -0.15) is 0 Å². The Morgan fingerprint density at radius 2 is 1.38 bits per heavy atom. The molecule has 0 saturated heterocycles. The molecule has 0 radical (unpaired) electrons. The number of halogens is 3. The highest BCUT2D eigenvalue weighted by molar-refractivity contribution is 6.69. The van der Waals surface area contributed by atoms with Gasteiger partial charge in [0.05, 0.1) is 25.8 Å². The Balaban J connectivity index is 2.47. The van der Waals surface area contributed by atoms with Crippen molar-refractivity contribution in [1.82, 2.24) is 0 Å². The molecule has 0 spiro atoms. The van der Waals surface area contributed by atoms with Crippen LogP contribution in [0.25, 0.3) is 0 Å². The van der Waals surface area contributed by atoms with Gasteiger partial charge in [0.1, 0.15) is 11.5 Å². The largest absolute Gasteiger partial charge is 0.497 e. The minimum Gasteiger partial charge on any atom is -0.497 e. The van der Waals surface area contributed by atoms with Gasteiger partial charge in [0.25, 0.3) is 0 Å². The summed E-state index contributed by atoms with van der Waals surface area (Å²) in [5, 5.41) is 12.9. The topological polar surface area (TPSA) is 51.0 Å². The van der Waals surface area contributed by atoms with Gasteiger partial charge in [-0.1, -0.05) is 52.1 Å². The highest BCUT2D eigenvalue weighted by Gasteiger charge is 2.39. The van der Waals surface area contributed by atoms with E-state index in [1.807, 2.05) is 0 Å². The number of hydrogen-bond acceptors (Lipinski definition) is 4. The zero-order valence-electron chi connectivity index (χ0n) is 13.0. The Morgan fingerprint density at radius 1 is 0.917 bits per heavy atom. The normalized spacial score (nSPS) is 13.5. The van der Waals surface area contributed by atoms with E-state index in [0.29, 0.717) is 22.6 Å².